The van der Waals surface area contributed by atoms with Crippen LogP contribution in [0.5, 0.6) is 0 Å². The van der Waals surface area contributed by atoms with Crippen molar-refractivity contribution in [2.75, 3.05) is 13.1 Å². The van der Waals surface area contributed by atoms with Gasteiger partial charge in [0.15, 0.2) is 0 Å². The van der Waals surface area contributed by atoms with Crippen LogP contribution in [0.4, 0.5) is 0 Å². The van der Waals surface area contributed by atoms with E-state index >= 15 is 0 Å². The van der Waals surface area contributed by atoms with Crippen molar-refractivity contribution in [3.63, 3.8) is 0 Å². The minimum absolute atomic E-state index is 0.0440. The van der Waals surface area contributed by atoms with E-state index in [-0.39, 0.29) is 35.5 Å². The quantitative estimate of drug-likeness (QED) is 0.799. The Hall–Kier alpha value is -1.95. The van der Waals surface area contributed by atoms with Gasteiger partial charge in [-0.25, -0.2) is 13.1 Å². The highest BCUT2D eigenvalue weighted by Crippen LogP contribution is 2.21. The Morgan fingerprint density at radius 2 is 2.04 bits per heavy atom. The maximum Gasteiger partial charge on any atom is 0.240 e. The molecule has 2 heterocycles. The van der Waals surface area contributed by atoms with E-state index in [2.05, 4.69) is 16.1 Å². The highest BCUT2D eigenvalue weighted by molar-refractivity contribution is 7.89. The fourth-order valence-electron chi connectivity index (χ4n) is 3.43. The van der Waals surface area contributed by atoms with Crippen LogP contribution in [0.15, 0.2) is 35.2 Å². The zero-order chi connectivity index (χ0) is 17.9. The molecule has 1 aromatic rings. The Balaban J connectivity index is 1.53. The summed E-state index contributed by atoms with van der Waals surface area (Å²) in [5.41, 5.74) is 0. The van der Waals surface area contributed by atoms with Gasteiger partial charge in [0, 0.05) is 19.1 Å². The lowest BCUT2D eigenvalue weighted by molar-refractivity contribution is -0.133. The van der Waals surface area contributed by atoms with Crippen LogP contribution in [0.25, 0.3) is 0 Å². The number of nitrogens with one attached hydrogen (secondary N) is 2. The van der Waals surface area contributed by atoms with Crippen molar-refractivity contribution in [1.82, 2.24) is 14.9 Å². The summed E-state index contributed by atoms with van der Waals surface area (Å²) in [4.78, 5) is 14.4. The molecule has 2 saturated heterocycles. The first-order valence-electron chi connectivity index (χ1n) is 8.52. The van der Waals surface area contributed by atoms with Crippen LogP contribution in [-0.4, -0.2) is 50.4 Å². The smallest absolute Gasteiger partial charge is 0.240 e. The van der Waals surface area contributed by atoms with E-state index in [1.807, 2.05) is 0 Å². The standard InChI is InChI=1S/C17H22N4O3S/c18-11-14-5-4-10-21(14)17(22)16-9-8-13(20-16)12-19-25(23,24)15-6-2-1-3-7-15/h1-3,6-7,13-14,16,19-20H,4-5,8-10,12H2. The molecule has 0 spiro atoms. The third-order valence-electron chi connectivity index (χ3n) is 4.80. The highest BCUT2D eigenvalue weighted by atomic mass is 32.2. The Labute approximate surface area is 148 Å². The van der Waals surface area contributed by atoms with E-state index in [0.29, 0.717) is 13.0 Å². The lowest BCUT2D eigenvalue weighted by Crippen LogP contribution is -2.48. The normalized spacial score (nSPS) is 26.5. The summed E-state index contributed by atoms with van der Waals surface area (Å²) >= 11 is 0. The van der Waals surface area contributed by atoms with Gasteiger partial charge in [0.25, 0.3) is 0 Å². The molecule has 3 atom stereocenters. The van der Waals surface area contributed by atoms with Crippen LogP contribution >= 0.6 is 0 Å². The Morgan fingerprint density at radius 3 is 2.76 bits per heavy atom. The SMILES string of the molecule is N#CC1CCCN1C(=O)C1CCC(CNS(=O)(=O)c2ccccc2)N1. The molecule has 0 aliphatic carbocycles. The summed E-state index contributed by atoms with van der Waals surface area (Å²) in [7, 11) is -3.54. The van der Waals surface area contributed by atoms with E-state index in [0.717, 1.165) is 19.3 Å². The predicted molar refractivity (Wildman–Crippen MR) is 91.9 cm³/mol. The molecule has 0 saturated carbocycles. The molecule has 2 aliphatic heterocycles. The molecular formula is C17H22N4O3S. The molecule has 3 unspecified atom stereocenters. The first-order chi connectivity index (χ1) is 12.0. The number of sulfonamides is 1. The fourth-order valence-corrected chi connectivity index (χ4v) is 4.54. The molecule has 25 heavy (non-hydrogen) atoms. The maximum absolute atomic E-state index is 12.6. The van der Waals surface area contributed by atoms with Gasteiger partial charge in [0.1, 0.15) is 6.04 Å². The Kier molecular flexibility index (Phi) is 5.37. The van der Waals surface area contributed by atoms with Gasteiger partial charge in [0.05, 0.1) is 17.0 Å². The van der Waals surface area contributed by atoms with Gasteiger partial charge in [-0.2, -0.15) is 5.26 Å². The molecule has 2 aliphatic rings. The van der Waals surface area contributed by atoms with Gasteiger partial charge >= 0.3 is 0 Å². The maximum atomic E-state index is 12.6. The van der Waals surface area contributed by atoms with Crippen molar-refractivity contribution < 1.29 is 13.2 Å². The van der Waals surface area contributed by atoms with Crippen molar-refractivity contribution in [3.8, 4) is 6.07 Å². The van der Waals surface area contributed by atoms with Crippen LogP contribution in [0.1, 0.15) is 25.7 Å². The second-order valence-corrected chi connectivity index (χ2v) is 8.24. The minimum atomic E-state index is -3.54. The molecule has 1 aromatic carbocycles. The number of rotatable bonds is 5. The van der Waals surface area contributed by atoms with Crippen LogP contribution in [0.2, 0.25) is 0 Å². The van der Waals surface area contributed by atoms with Gasteiger partial charge in [-0.15, -0.1) is 0 Å². The number of benzene rings is 1. The summed E-state index contributed by atoms with van der Waals surface area (Å²) in [6.45, 7) is 0.864. The number of likely N-dealkylation sites (tertiary alicyclic amines) is 1. The summed E-state index contributed by atoms with van der Waals surface area (Å²) in [6.07, 6.45) is 2.97. The Bertz CT molecular complexity index is 760. The van der Waals surface area contributed by atoms with E-state index in [9.17, 15) is 13.2 Å². The van der Waals surface area contributed by atoms with E-state index in [1.165, 1.54) is 0 Å². The highest BCUT2D eigenvalue weighted by Gasteiger charge is 2.37. The number of hydrogen-bond donors (Lipinski definition) is 2. The van der Waals surface area contributed by atoms with Gasteiger partial charge < -0.3 is 10.2 Å². The molecule has 0 radical (unpaired) electrons. The van der Waals surface area contributed by atoms with Crippen molar-refractivity contribution in [1.29, 1.82) is 5.26 Å². The van der Waals surface area contributed by atoms with Gasteiger partial charge in [-0.05, 0) is 37.8 Å². The zero-order valence-electron chi connectivity index (χ0n) is 13.9. The summed E-state index contributed by atoms with van der Waals surface area (Å²) in [5, 5.41) is 12.3. The largest absolute Gasteiger partial charge is 0.325 e. The van der Waals surface area contributed by atoms with Crippen LogP contribution < -0.4 is 10.0 Å². The lowest BCUT2D eigenvalue weighted by Gasteiger charge is -2.24. The van der Waals surface area contributed by atoms with Crippen LogP contribution in [-0.2, 0) is 14.8 Å². The van der Waals surface area contributed by atoms with Crippen molar-refractivity contribution in [3.05, 3.63) is 30.3 Å². The first-order valence-corrected chi connectivity index (χ1v) is 10.0. The second kappa shape index (κ2) is 7.52. The predicted octanol–water partition coefficient (Wildman–Crippen LogP) is 0.600. The number of hydrogen-bond acceptors (Lipinski definition) is 5. The Morgan fingerprint density at radius 1 is 1.28 bits per heavy atom. The number of nitrogens with zero attached hydrogens (tertiary/aromatic N) is 2. The summed E-state index contributed by atoms with van der Waals surface area (Å²) in [6, 6.07) is 9.65. The van der Waals surface area contributed by atoms with Gasteiger partial charge in [-0.1, -0.05) is 18.2 Å². The van der Waals surface area contributed by atoms with Crippen molar-refractivity contribution >= 4 is 15.9 Å². The molecule has 2 N–H and O–H groups in total. The monoisotopic (exact) mass is 362 g/mol. The molecule has 0 aromatic heterocycles. The molecule has 0 bridgehead atoms. The topological polar surface area (TPSA) is 102 Å². The minimum Gasteiger partial charge on any atom is -0.325 e. The molecule has 8 heteroatoms. The molecular weight excluding hydrogens is 340 g/mol. The van der Waals surface area contributed by atoms with Crippen LogP contribution in [0, 0.1) is 11.3 Å². The van der Waals surface area contributed by atoms with E-state index < -0.39 is 10.0 Å². The average molecular weight is 362 g/mol. The summed E-state index contributed by atoms with van der Waals surface area (Å²) in [5.74, 6) is -0.0440. The van der Waals surface area contributed by atoms with E-state index in [4.69, 9.17) is 5.26 Å². The number of nitriles is 1. The number of amides is 1. The van der Waals surface area contributed by atoms with Crippen molar-refractivity contribution in [2.45, 2.75) is 48.7 Å². The molecule has 3 rings (SSSR count). The van der Waals surface area contributed by atoms with Gasteiger partial charge in [0.2, 0.25) is 15.9 Å². The molecule has 7 nitrogen and oxygen atoms in total. The molecule has 134 valence electrons. The third-order valence-corrected chi connectivity index (χ3v) is 6.24. The van der Waals surface area contributed by atoms with Crippen molar-refractivity contribution in [2.24, 2.45) is 0 Å². The number of carbonyl (C=O) groups excluding carboxylic acids is 1. The fraction of sp³-hybridized carbons (Fsp3) is 0.529. The first kappa shape index (κ1) is 17.9. The number of carbonyl (C=O) groups is 1. The molecule has 2 fully saturated rings. The van der Waals surface area contributed by atoms with Gasteiger partial charge in [-0.3, -0.25) is 4.79 Å². The third kappa shape index (κ3) is 4.00. The lowest BCUT2D eigenvalue weighted by atomic mass is 10.1. The van der Waals surface area contributed by atoms with E-state index in [1.54, 1.807) is 35.2 Å². The van der Waals surface area contributed by atoms with Crippen LogP contribution in [0.3, 0.4) is 0 Å². The summed E-state index contributed by atoms with van der Waals surface area (Å²) < 4.78 is 27.1. The zero-order valence-corrected chi connectivity index (χ0v) is 14.7. The second-order valence-electron chi connectivity index (χ2n) is 6.48. The average Bonchev–Trinajstić information content (AvgIpc) is 3.29. The molecule has 1 amide bonds.